The lowest BCUT2D eigenvalue weighted by atomic mass is 10.0. The molecule has 0 aliphatic heterocycles. The van der Waals surface area contributed by atoms with E-state index in [1.165, 1.54) is 0 Å². The molecule has 0 N–H and O–H groups in total. The molecule has 0 radical (unpaired) electrons. The van der Waals surface area contributed by atoms with Gasteiger partial charge in [0.25, 0.3) is 0 Å². The molecule has 0 spiro atoms. The van der Waals surface area contributed by atoms with E-state index in [1.807, 2.05) is 60.7 Å². The number of benzene rings is 3. The van der Waals surface area contributed by atoms with E-state index in [4.69, 9.17) is 14.3 Å². The molecule has 122 valence electrons. The van der Waals surface area contributed by atoms with Crippen LogP contribution in [0, 0.1) is 0 Å². The first-order valence-corrected chi connectivity index (χ1v) is 7.66. The Morgan fingerprint density at radius 1 is 0.917 bits per heavy atom. The molecule has 0 saturated heterocycles. The van der Waals surface area contributed by atoms with Crippen LogP contribution in [-0.2, 0) is 11.4 Å². The number of rotatable bonds is 6. The molecular formula is C20H19NO3. The second-order valence-electron chi connectivity index (χ2n) is 5.26. The van der Waals surface area contributed by atoms with Gasteiger partial charge < -0.3 is 14.3 Å². The van der Waals surface area contributed by atoms with Gasteiger partial charge in [0.2, 0.25) is 0 Å². The standard InChI is InChI=1S/C20H19NO3/c1-22-17-10-8-16-9-11-20(23-2)19(18(16)12-17)13-21-24-14-15-6-4-3-5-7-15/h3-13H,14H2,1-2H3/b21-13+. The first kappa shape index (κ1) is 15.9. The number of hydrogen-bond acceptors (Lipinski definition) is 4. The van der Waals surface area contributed by atoms with Crippen LogP contribution >= 0.6 is 0 Å². The molecule has 0 heterocycles. The fourth-order valence-electron chi connectivity index (χ4n) is 2.52. The summed E-state index contributed by atoms with van der Waals surface area (Å²) in [7, 11) is 3.29. The topological polar surface area (TPSA) is 40.0 Å². The van der Waals surface area contributed by atoms with Crippen molar-refractivity contribution in [3.05, 3.63) is 71.8 Å². The summed E-state index contributed by atoms with van der Waals surface area (Å²) in [6, 6.07) is 19.8. The molecule has 3 aromatic carbocycles. The predicted octanol–water partition coefficient (Wildman–Crippen LogP) is 4.41. The number of methoxy groups -OCH3 is 2. The third kappa shape index (κ3) is 3.49. The second-order valence-corrected chi connectivity index (χ2v) is 5.26. The minimum Gasteiger partial charge on any atom is -0.497 e. The Hall–Kier alpha value is -3.01. The van der Waals surface area contributed by atoms with Crippen LogP contribution in [0.1, 0.15) is 11.1 Å². The fraction of sp³-hybridized carbons (Fsp3) is 0.150. The zero-order chi connectivity index (χ0) is 16.8. The number of ether oxygens (including phenoxy) is 2. The van der Waals surface area contributed by atoms with Crippen LogP contribution in [0.25, 0.3) is 10.8 Å². The predicted molar refractivity (Wildman–Crippen MR) is 95.9 cm³/mol. The van der Waals surface area contributed by atoms with Gasteiger partial charge in [-0.2, -0.15) is 0 Å². The quantitative estimate of drug-likeness (QED) is 0.499. The van der Waals surface area contributed by atoms with Crippen molar-refractivity contribution in [2.75, 3.05) is 14.2 Å². The van der Waals surface area contributed by atoms with Gasteiger partial charge in [-0.25, -0.2) is 0 Å². The van der Waals surface area contributed by atoms with E-state index in [9.17, 15) is 0 Å². The molecule has 0 aliphatic carbocycles. The average molecular weight is 321 g/mol. The van der Waals surface area contributed by atoms with E-state index >= 15 is 0 Å². The summed E-state index contributed by atoms with van der Waals surface area (Å²) in [5.41, 5.74) is 1.93. The highest BCUT2D eigenvalue weighted by Crippen LogP contribution is 2.29. The van der Waals surface area contributed by atoms with Crippen molar-refractivity contribution >= 4 is 17.0 Å². The highest BCUT2D eigenvalue weighted by atomic mass is 16.6. The van der Waals surface area contributed by atoms with Gasteiger partial charge in [0.1, 0.15) is 18.1 Å². The highest BCUT2D eigenvalue weighted by molar-refractivity contribution is 6.02. The third-order valence-electron chi connectivity index (χ3n) is 3.78. The summed E-state index contributed by atoms with van der Waals surface area (Å²) in [6.45, 7) is 0.424. The SMILES string of the molecule is COc1ccc2ccc(OC)c(/C=N/OCc3ccccc3)c2c1. The molecule has 3 aromatic rings. The molecule has 0 bridgehead atoms. The zero-order valence-corrected chi connectivity index (χ0v) is 13.7. The van der Waals surface area contributed by atoms with E-state index in [0.717, 1.165) is 33.4 Å². The Morgan fingerprint density at radius 3 is 2.46 bits per heavy atom. The molecule has 4 nitrogen and oxygen atoms in total. The van der Waals surface area contributed by atoms with Gasteiger partial charge in [0.05, 0.1) is 20.4 Å². The number of hydrogen-bond donors (Lipinski definition) is 0. The lowest BCUT2D eigenvalue weighted by Gasteiger charge is -2.10. The van der Waals surface area contributed by atoms with Crippen LogP contribution in [0.3, 0.4) is 0 Å². The maximum Gasteiger partial charge on any atom is 0.142 e. The van der Waals surface area contributed by atoms with E-state index in [2.05, 4.69) is 5.16 Å². The van der Waals surface area contributed by atoms with Gasteiger partial charge >= 0.3 is 0 Å². The number of nitrogens with zero attached hydrogens (tertiary/aromatic N) is 1. The Bertz CT molecular complexity index is 839. The van der Waals surface area contributed by atoms with Crippen molar-refractivity contribution in [1.82, 2.24) is 0 Å². The molecule has 0 fully saturated rings. The summed E-state index contributed by atoms with van der Waals surface area (Å²) in [6.07, 6.45) is 1.68. The van der Waals surface area contributed by atoms with Crippen molar-refractivity contribution in [3.63, 3.8) is 0 Å². The van der Waals surface area contributed by atoms with Gasteiger partial charge in [-0.1, -0.05) is 47.6 Å². The molecule has 0 aromatic heterocycles. The van der Waals surface area contributed by atoms with Crippen LogP contribution in [-0.4, -0.2) is 20.4 Å². The van der Waals surface area contributed by atoms with E-state index in [0.29, 0.717) is 6.61 Å². The Morgan fingerprint density at radius 2 is 1.71 bits per heavy atom. The lowest BCUT2D eigenvalue weighted by Crippen LogP contribution is -1.94. The van der Waals surface area contributed by atoms with Crippen LogP contribution in [0.2, 0.25) is 0 Å². The molecule has 4 heteroatoms. The first-order valence-electron chi connectivity index (χ1n) is 7.66. The van der Waals surface area contributed by atoms with Crippen LogP contribution in [0.5, 0.6) is 11.5 Å². The Balaban J connectivity index is 1.87. The monoisotopic (exact) mass is 321 g/mol. The molecular weight excluding hydrogens is 302 g/mol. The van der Waals surface area contributed by atoms with E-state index in [-0.39, 0.29) is 0 Å². The summed E-state index contributed by atoms with van der Waals surface area (Å²) in [5.74, 6) is 1.53. The Kier molecular flexibility index (Phi) is 4.96. The van der Waals surface area contributed by atoms with Gasteiger partial charge in [-0.15, -0.1) is 0 Å². The molecule has 0 unspecified atom stereocenters. The van der Waals surface area contributed by atoms with Gasteiger partial charge in [-0.05, 0) is 34.5 Å². The normalized spacial score (nSPS) is 10.9. The molecule has 24 heavy (non-hydrogen) atoms. The van der Waals surface area contributed by atoms with Gasteiger partial charge in [-0.3, -0.25) is 0 Å². The van der Waals surface area contributed by atoms with E-state index < -0.39 is 0 Å². The summed E-state index contributed by atoms with van der Waals surface area (Å²) in [4.78, 5) is 5.41. The summed E-state index contributed by atoms with van der Waals surface area (Å²) < 4.78 is 10.8. The highest BCUT2D eigenvalue weighted by Gasteiger charge is 2.08. The molecule has 0 amide bonds. The van der Waals surface area contributed by atoms with Crippen molar-refractivity contribution < 1.29 is 14.3 Å². The number of fused-ring (bicyclic) bond motifs is 1. The van der Waals surface area contributed by atoms with Crippen LogP contribution in [0.15, 0.2) is 65.8 Å². The summed E-state index contributed by atoms with van der Waals surface area (Å²) in [5, 5.41) is 6.19. The maximum absolute atomic E-state index is 5.45. The van der Waals surface area contributed by atoms with Crippen molar-refractivity contribution in [2.24, 2.45) is 5.16 Å². The smallest absolute Gasteiger partial charge is 0.142 e. The van der Waals surface area contributed by atoms with Crippen molar-refractivity contribution in [2.45, 2.75) is 6.61 Å². The molecule has 0 atom stereocenters. The molecule has 3 rings (SSSR count). The van der Waals surface area contributed by atoms with E-state index in [1.54, 1.807) is 20.4 Å². The minimum atomic E-state index is 0.424. The zero-order valence-electron chi connectivity index (χ0n) is 13.7. The van der Waals surface area contributed by atoms with Crippen molar-refractivity contribution in [3.8, 4) is 11.5 Å². The third-order valence-corrected chi connectivity index (χ3v) is 3.78. The van der Waals surface area contributed by atoms with Crippen LogP contribution < -0.4 is 9.47 Å². The van der Waals surface area contributed by atoms with Crippen molar-refractivity contribution in [1.29, 1.82) is 0 Å². The molecule has 0 saturated carbocycles. The molecule has 0 aliphatic rings. The average Bonchev–Trinajstić information content (AvgIpc) is 2.65. The maximum atomic E-state index is 5.45. The van der Waals surface area contributed by atoms with Gasteiger partial charge in [0, 0.05) is 5.56 Å². The number of oxime groups is 1. The largest absolute Gasteiger partial charge is 0.497 e. The Labute approximate surface area is 141 Å². The first-order chi connectivity index (χ1) is 11.8. The summed E-state index contributed by atoms with van der Waals surface area (Å²) >= 11 is 0. The van der Waals surface area contributed by atoms with Gasteiger partial charge in [0.15, 0.2) is 0 Å². The lowest BCUT2D eigenvalue weighted by molar-refractivity contribution is 0.132. The fourth-order valence-corrected chi connectivity index (χ4v) is 2.52. The van der Waals surface area contributed by atoms with Crippen LogP contribution in [0.4, 0.5) is 0 Å². The second kappa shape index (κ2) is 7.51. The minimum absolute atomic E-state index is 0.424.